The predicted molar refractivity (Wildman–Crippen MR) is 111 cm³/mol. The van der Waals surface area contributed by atoms with Crippen LogP contribution in [0.1, 0.15) is 41.5 Å². The molecule has 0 bridgehead atoms. The Kier molecular flexibility index (Phi) is 5.97. The molecule has 9 heteroatoms. The number of para-hydroxylation sites is 1. The minimum absolute atomic E-state index is 0.00977. The summed E-state index contributed by atoms with van der Waals surface area (Å²) in [5, 5.41) is 18.2. The second kappa shape index (κ2) is 8.44. The monoisotopic (exact) mass is 412 g/mol. The van der Waals surface area contributed by atoms with Gasteiger partial charge in [-0.05, 0) is 36.9 Å². The Hall–Kier alpha value is -3.20. The Labute approximate surface area is 171 Å². The predicted octanol–water partition coefficient (Wildman–Crippen LogP) is 5.05. The second-order valence-electron chi connectivity index (χ2n) is 6.70. The summed E-state index contributed by atoms with van der Waals surface area (Å²) in [6.07, 6.45) is 1.84. The van der Waals surface area contributed by atoms with Crippen LogP contribution in [0, 0.1) is 17.0 Å². The van der Waals surface area contributed by atoms with Crippen LogP contribution in [0.3, 0.4) is 0 Å². The van der Waals surface area contributed by atoms with Gasteiger partial charge in [-0.25, -0.2) is 0 Å². The average Bonchev–Trinajstić information content (AvgIpc) is 3.19. The Morgan fingerprint density at radius 3 is 2.66 bits per heavy atom. The van der Waals surface area contributed by atoms with Crippen LogP contribution in [0.2, 0.25) is 0 Å². The summed E-state index contributed by atoms with van der Waals surface area (Å²) in [7, 11) is 0. The van der Waals surface area contributed by atoms with Gasteiger partial charge in [-0.1, -0.05) is 31.1 Å². The number of carbonyl (C=O) groups excluding carboxylic acids is 1. The summed E-state index contributed by atoms with van der Waals surface area (Å²) in [6.45, 7) is 5.72. The van der Waals surface area contributed by atoms with Gasteiger partial charge in [-0.15, -0.1) is 11.8 Å². The number of hydrogen-bond donors (Lipinski definition) is 1. The minimum Gasteiger partial charge on any atom is -0.334 e. The molecule has 2 aromatic carbocycles. The fraction of sp³-hybridized carbons (Fsp3) is 0.250. The van der Waals surface area contributed by atoms with Crippen LogP contribution in [-0.2, 0) is 0 Å². The molecule has 0 fully saturated rings. The largest absolute Gasteiger partial charge is 0.334 e. The van der Waals surface area contributed by atoms with Crippen molar-refractivity contribution in [3.63, 3.8) is 0 Å². The van der Waals surface area contributed by atoms with Crippen LogP contribution in [0.15, 0.2) is 45.8 Å². The molecule has 0 aliphatic carbocycles. The van der Waals surface area contributed by atoms with Crippen molar-refractivity contribution in [2.75, 3.05) is 11.6 Å². The number of hydrogen-bond acceptors (Lipinski definition) is 7. The average molecular weight is 412 g/mol. The molecule has 1 heterocycles. The first-order valence-electron chi connectivity index (χ1n) is 8.89. The second-order valence-corrected chi connectivity index (χ2v) is 7.58. The van der Waals surface area contributed by atoms with Crippen molar-refractivity contribution in [3.8, 4) is 11.5 Å². The highest BCUT2D eigenvalue weighted by molar-refractivity contribution is 7.98. The summed E-state index contributed by atoms with van der Waals surface area (Å²) in [5.74, 6) is 0.348. The molecule has 3 rings (SSSR count). The molecule has 0 saturated heterocycles. The molecule has 3 aromatic rings. The van der Waals surface area contributed by atoms with Crippen LogP contribution >= 0.6 is 11.8 Å². The molecule has 1 aromatic heterocycles. The summed E-state index contributed by atoms with van der Waals surface area (Å²) >= 11 is 1.40. The number of thioether (sulfide) groups is 1. The van der Waals surface area contributed by atoms with E-state index in [0.717, 1.165) is 10.5 Å². The van der Waals surface area contributed by atoms with Gasteiger partial charge >= 0.3 is 0 Å². The first-order chi connectivity index (χ1) is 13.8. The van der Waals surface area contributed by atoms with Crippen molar-refractivity contribution >= 4 is 29.0 Å². The third-order valence-corrected chi connectivity index (χ3v) is 5.07. The molecule has 150 valence electrons. The normalized spacial score (nSPS) is 10.9. The van der Waals surface area contributed by atoms with Crippen molar-refractivity contribution in [1.82, 2.24) is 10.1 Å². The Morgan fingerprint density at radius 2 is 2.03 bits per heavy atom. The van der Waals surface area contributed by atoms with Gasteiger partial charge in [0.05, 0.1) is 16.2 Å². The number of carbonyl (C=O) groups is 1. The summed E-state index contributed by atoms with van der Waals surface area (Å²) in [4.78, 5) is 28.9. The van der Waals surface area contributed by atoms with Crippen molar-refractivity contribution in [2.24, 2.45) is 0 Å². The lowest BCUT2D eigenvalue weighted by Crippen LogP contribution is -2.15. The van der Waals surface area contributed by atoms with E-state index >= 15 is 0 Å². The van der Waals surface area contributed by atoms with E-state index in [-0.39, 0.29) is 23.1 Å². The van der Waals surface area contributed by atoms with E-state index in [1.54, 1.807) is 12.1 Å². The van der Waals surface area contributed by atoms with E-state index in [9.17, 15) is 14.9 Å². The fourth-order valence-electron chi connectivity index (χ4n) is 2.75. The highest BCUT2D eigenvalue weighted by Gasteiger charge is 2.23. The summed E-state index contributed by atoms with van der Waals surface area (Å²) in [5.41, 5.74) is 1.53. The maximum Gasteiger partial charge on any atom is 0.282 e. The molecule has 1 N–H and O–H groups in total. The zero-order valence-electron chi connectivity index (χ0n) is 16.4. The number of aromatic nitrogens is 2. The zero-order valence-corrected chi connectivity index (χ0v) is 17.2. The lowest BCUT2D eigenvalue weighted by molar-refractivity contribution is -0.385. The van der Waals surface area contributed by atoms with Crippen LogP contribution in [0.25, 0.3) is 11.5 Å². The number of aryl methyl sites for hydroxylation is 1. The van der Waals surface area contributed by atoms with Crippen molar-refractivity contribution in [3.05, 3.63) is 63.5 Å². The van der Waals surface area contributed by atoms with Crippen LogP contribution in [0.4, 0.5) is 11.4 Å². The zero-order chi connectivity index (χ0) is 21.1. The third kappa shape index (κ3) is 4.29. The van der Waals surface area contributed by atoms with E-state index in [1.807, 2.05) is 39.2 Å². The molecule has 0 spiro atoms. The summed E-state index contributed by atoms with van der Waals surface area (Å²) < 4.78 is 5.37. The third-order valence-electron chi connectivity index (χ3n) is 4.34. The van der Waals surface area contributed by atoms with Gasteiger partial charge in [0.25, 0.3) is 17.5 Å². The molecular formula is C20H20N4O4S. The van der Waals surface area contributed by atoms with Crippen LogP contribution < -0.4 is 5.32 Å². The molecule has 1 amide bonds. The maximum absolute atomic E-state index is 13.0. The highest BCUT2D eigenvalue weighted by atomic mass is 32.2. The van der Waals surface area contributed by atoms with E-state index in [2.05, 4.69) is 15.5 Å². The molecule has 0 saturated carbocycles. The molecule has 0 aliphatic heterocycles. The standard InChI is InChI=1S/C20H20N4O4S/c1-11(2)18-22-20(28-23-18)14-7-5-6-12(3)17(14)21-19(25)15-10-13(29-4)8-9-16(15)24(26)27/h5-11H,1-4H3,(H,21,25). The van der Waals surface area contributed by atoms with Gasteiger partial charge in [0, 0.05) is 16.9 Å². The SMILES string of the molecule is CSc1ccc([N+](=O)[O-])c(C(=O)Nc2c(C)cccc2-c2nc(C(C)C)no2)c1. The Morgan fingerprint density at radius 1 is 1.28 bits per heavy atom. The van der Waals surface area contributed by atoms with E-state index < -0.39 is 10.8 Å². The minimum atomic E-state index is -0.577. The number of rotatable bonds is 6. The van der Waals surface area contributed by atoms with Crippen molar-refractivity contribution in [2.45, 2.75) is 31.6 Å². The number of amides is 1. The van der Waals surface area contributed by atoms with Crippen molar-refractivity contribution < 1.29 is 14.2 Å². The van der Waals surface area contributed by atoms with Gasteiger partial charge in [0.15, 0.2) is 5.82 Å². The molecule has 8 nitrogen and oxygen atoms in total. The van der Waals surface area contributed by atoms with Gasteiger partial charge in [-0.2, -0.15) is 4.98 Å². The topological polar surface area (TPSA) is 111 Å². The molecule has 0 radical (unpaired) electrons. The smallest absolute Gasteiger partial charge is 0.282 e. The number of nitro benzene ring substituents is 1. The number of nitro groups is 1. The van der Waals surface area contributed by atoms with E-state index in [0.29, 0.717) is 17.1 Å². The Bertz CT molecular complexity index is 1080. The molecule has 0 atom stereocenters. The van der Waals surface area contributed by atoms with Gasteiger partial charge < -0.3 is 9.84 Å². The molecule has 0 unspecified atom stereocenters. The van der Waals surface area contributed by atoms with E-state index in [4.69, 9.17) is 4.52 Å². The number of nitrogens with one attached hydrogen (secondary N) is 1. The van der Waals surface area contributed by atoms with Gasteiger partial charge in [-0.3, -0.25) is 14.9 Å². The Balaban J connectivity index is 2.03. The highest BCUT2D eigenvalue weighted by Crippen LogP contribution is 2.32. The van der Waals surface area contributed by atoms with Gasteiger partial charge in [0.2, 0.25) is 0 Å². The van der Waals surface area contributed by atoms with Crippen molar-refractivity contribution in [1.29, 1.82) is 0 Å². The first-order valence-corrected chi connectivity index (χ1v) is 10.1. The van der Waals surface area contributed by atoms with E-state index in [1.165, 1.54) is 23.9 Å². The first kappa shape index (κ1) is 20.5. The van der Waals surface area contributed by atoms with Crippen LogP contribution in [-0.4, -0.2) is 27.2 Å². The molecule has 0 aliphatic rings. The lowest BCUT2D eigenvalue weighted by Gasteiger charge is -2.12. The van der Waals surface area contributed by atoms with Crippen LogP contribution in [0.5, 0.6) is 0 Å². The number of anilines is 1. The maximum atomic E-state index is 13.0. The molecular weight excluding hydrogens is 392 g/mol. The van der Waals surface area contributed by atoms with Gasteiger partial charge in [0.1, 0.15) is 5.56 Å². The number of nitrogens with zero attached hydrogens (tertiary/aromatic N) is 3. The number of benzene rings is 2. The summed E-state index contributed by atoms with van der Waals surface area (Å²) in [6, 6.07) is 9.87. The molecule has 29 heavy (non-hydrogen) atoms. The lowest BCUT2D eigenvalue weighted by atomic mass is 10.1. The quantitative estimate of drug-likeness (QED) is 0.342. The fourth-order valence-corrected chi connectivity index (χ4v) is 3.19.